The van der Waals surface area contributed by atoms with Gasteiger partial charge in [0.15, 0.2) is 11.5 Å². The second-order valence-electron chi connectivity index (χ2n) is 4.65. The summed E-state index contributed by atoms with van der Waals surface area (Å²) in [5.41, 5.74) is 0.612. The van der Waals surface area contributed by atoms with Gasteiger partial charge in [0.2, 0.25) is 11.7 Å². The van der Waals surface area contributed by atoms with E-state index in [2.05, 4.69) is 15.5 Å². The first kappa shape index (κ1) is 13.3. The summed E-state index contributed by atoms with van der Waals surface area (Å²) >= 11 is 1.92. The van der Waals surface area contributed by atoms with Crippen LogP contribution in [0.3, 0.4) is 0 Å². The molecule has 6 nitrogen and oxygen atoms in total. The van der Waals surface area contributed by atoms with Gasteiger partial charge in [-0.3, -0.25) is 0 Å². The van der Waals surface area contributed by atoms with Crippen LogP contribution in [0.4, 0.5) is 0 Å². The lowest BCUT2D eigenvalue weighted by atomic mass is 10.2. The molecule has 0 spiro atoms. The van der Waals surface area contributed by atoms with Crippen molar-refractivity contribution in [3.05, 3.63) is 24.1 Å². The fourth-order valence-electron chi connectivity index (χ4n) is 2.08. The molecule has 1 aliphatic rings. The molecule has 7 heteroatoms. The number of hydrogen-bond acceptors (Lipinski definition) is 7. The molecule has 20 heavy (non-hydrogen) atoms. The lowest BCUT2D eigenvalue weighted by Crippen LogP contribution is -2.38. The van der Waals surface area contributed by atoms with Crippen molar-refractivity contribution < 1.29 is 14.7 Å². The molecule has 1 aromatic carbocycles. The maximum atomic E-state index is 9.48. The normalized spacial score (nSPS) is 19.1. The van der Waals surface area contributed by atoms with E-state index in [0.29, 0.717) is 29.7 Å². The molecule has 1 aliphatic heterocycles. The first-order chi connectivity index (χ1) is 9.72. The van der Waals surface area contributed by atoms with Crippen molar-refractivity contribution in [3.63, 3.8) is 0 Å². The van der Waals surface area contributed by atoms with Crippen molar-refractivity contribution in [2.45, 2.75) is 12.5 Å². The molecular weight excluding hydrogens is 278 g/mol. The van der Waals surface area contributed by atoms with E-state index in [1.165, 1.54) is 12.1 Å². The lowest BCUT2D eigenvalue weighted by Gasteiger charge is -2.21. The van der Waals surface area contributed by atoms with Gasteiger partial charge in [-0.05, 0) is 18.2 Å². The third-order valence-electron chi connectivity index (χ3n) is 3.12. The molecule has 1 unspecified atom stereocenters. The Morgan fingerprint density at radius 2 is 2.25 bits per heavy atom. The van der Waals surface area contributed by atoms with E-state index in [4.69, 9.17) is 4.52 Å². The third-order valence-corrected chi connectivity index (χ3v) is 4.25. The van der Waals surface area contributed by atoms with E-state index >= 15 is 0 Å². The summed E-state index contributed by atoms with van der Waals surface area (Å²) in [7, 11) is 0. The van der Waals surface area contributed by atoms with Crippen molar-refractivity contribution in [3.8, 4) is 22.9 Å². The Kier molecular flexibility index (Phi) is 3.79. The summed E-state index contributed by atoms with van der Waals surface area (Å²) in [4.78, 5) is 4.33. The number of aromatic nitrogens is 2. The van der Waals surface area contributed by atoms with Crippen LogP contribution in [0.1, 0.15) is 5.89 Å². The van der Waals surface area contributed by atoms with Crippen LogP contribution < -0.4 is 5.32 Å². The van der Waals surface area contributed by atoms with Gasteiger partial charge in [0.05, 0.1) is 0 Å². The number of phenolic OH excluding ortho intramolecular Hbond substituents is 2. The van der Waals surface area contributed by atoms with Gasteiger partial charge in [-0.25, -0.2) is 0 Å². The molecule has 0 saturated carbocycles. The van der Waals surface area contributed by atoms with E-state index < -0.39 is 0 Å². The van der Waals surface area contributed by atoms with Gasteiger partial charge >= 0.3 is 0 Å². The fraction of sp³-hybridized carbons (Fsp3) is 0.385. The van der Waals surface area contributed by atoms with E-state index in [1.807, 2.05) is 11.8 Å². The van der Waals surface area contributed by atoms with Crippen LogP contribution in [0.25, 0.3) is 11.4 Å². The van der Waals surface area contributed by atoms with Crippen LogP contribution in [0.5, 0.6) is 11.5 Å². The first-order valence-electron chi connectivity index (χ1n) is 6.38. The van der Waals surface area contributed by atoms with E-state index in [1.54, 1.807) is 6.07 Å². The molecule has 1 saturated heterocycles. The molecule has 1 fully saturated rings. The second kappa shape index (κ2) is 5.72. The predicted molar refractivity (Wildman–Crippen MR) is 75.9 cm³/mol. The van der Waals surface area contributed by atoms with Crippen molar-refractivity contribution in [2.75, 3.05) is 18.1 Å². The molecule has 0 radical (unpaired) electrons. The second-order valence-corrected chi connectivity index (χ2v) is 5.80. The Balaban J connectivity index is 1.73. The Bertz CT molecular complexity index is 596. The van der Waals surface area contributed by atoms with Crippen LogP contribution in [0, 0.1) is 0 Å². The number of rotatable bonds is 3. The van der Waals surface area contributed by atoms with Crippen LogP contribution in [0.2, 0.25) is 0 Å². The minimum atomic E-state index is -0.195. The van der Waals surface area contributed by atoms with E-state index in [9.17, 15) is 10.2 Å². The molecule has 0 bridgehead atoms. The number of benzene rings is 1. The van der Waals surface area contributed by atoms with Crippen LogP contribution in [-0.2, 0) is 6.42 Å². The predicted octanol–water partition coefficient (Wildman–Crippen LogP) is 1.40. The number of nitrogens with one attached hydrogen (secondary N) is 1. The summed E-state index contributed by atoms with van der Waals surface area (Å²) in [6, 6.07) is 4.81. The topological polar surface area (TPSA) is 91.4 Å². The number of nitrogens with zero attached hydrogens (tertiary/aromatic N) is 2. The van der Waals surface area contributed by atoms with Gasteiger partial charge in [0.1, 0.15) is 0 Å². The van der Waals surface area contributed by atoms with Crippen molar-refractivity contribution in [2.24, 2.45) is 0 Å². The summed E-state index contributed by atoms with van der Waals surface area (Å²) in [5, 5.41) is 26.1. The van der Waals surface area contributed by atoms with Gasteiger partial charge in [-0.2, -0.15) is 16.7 Å². The molecule has 1 aromatic heterocycles. The molecule has 0 amide bonds. The number of hydrogen-bond donors (Lipinski definition) is 3. The molecule has 106 valence electrons. The maximum Gasteiger partial charge on any atom is 0.228 e. The lowest BCUT2D eigenvalue weighted by molar-refractivity contribution is 0.363. The number of aromatic hydroxyl groups is 2. The first-order valence-corrected chi connectivity index (χ1v) is 7.54. The third kappa shape index (κ3) is 2.88. The molecule has 2 heterocycles. The zero-order valence-corrected chi connectivity index (χ0v) is 11.6. The van der Waals surface area contributed by atoms with E-state index in [-0.39, 0.29) is 11.5 Å². The molecule has 1 atom stereocenters. The van der Waals surface area contributed by atoms with Crippen molar-refractivity contribution >= 4 is 11.8 Å². The minimum Gasteiger partial charge on any atom is -0.504 e. The monoisotopic (exact) mass is 293 g/mol. The molecule has 3 rings (SSSR count). The standard InChI is InChI=1S/C13H15N3O3S/c17-10-2-1-8(5-11(10)18)13-15-12(19-16-13)6-9-7-20-4-3-14-9/h1-2,5,9,14,17-18H,3-4,6-7H2. The smallest absolute Gasteiger partial charge is 0.228 e. The van der Waals surface area contributed by atoms with Gasteiger partial charge < -0.3 is 20.1 Å². The maximum absolute atomic E-state index is 9.48. The van der Waals surface area contributed by atoms with Gasteiger partial charge in [-0.15, -0.1) is 0 Å². The average Bonchev–Trinajstić information content (AvgIpc) is 2.91. The minimum absolute atomic E-state index is 0.166. The molecule has 2 aromatic rings. The molecular formula is C13H15N3O3S. The highest BCUT2D eigenvalue weighted by Gasteiger charge is 2.18. The zero-order chi connectivity index (χ0) is 13.9. The van der Waals surface area contributed by atoms with Gasteiger partial charge in [0, 0.05) is 36.1 Å². The van der Waals surface area contributed by atoms with Crippen LogP contribution >= 0.6 is 11.8 Å². The summed E-state index contributed by atoms with van der Waals surface area (Å²) in [6.07, 6.45) is 0.698. The summed E-state index contributed by atoms with van der Waals surface area (Å²) in [5.74, 6) is 2.81. The quantitative estimate of drug-likeness (QED) is 0.737. The summed E-state index contributed by atoms with van der Waals surface area (Å²) < 4.78 is 5.24. The number of phenols is 2. The van der Waals surface area contributed by atoms with Gasteiger partial charge in [0.25, 0.3) is 0 Å². The highest BCUT2D eigenvalue weighted by atomic mass is 32.2. The van der Waals surface area contributed by atoms with E-state index in [0.717, 1.165) is 18.1 Å². The zero-order valence-electron chi connectivity index (χ0n) is 10.7. The Hall–Kier alpha value is -1.73. The average molecular weight is 293 g/mol. The largest absolute Gasteiger partial charge is 0.504 e. The summed E-state index contributed by atoms with van der Waals surface area (Å²) in [6.45, 7) is 1.00. The SMILES string of the molecule is Oc1ccc(-c2noc(CC3CSCCN3)n2)cc1O. The van der Waals surface area contributed by atoms with Crippen molar-refractivity contribution in [1.82, 2.24) is 15.5 Å². The fourth-order valence-corrected chi connectivity index (χ4v) is 3.03. The highest BCUT2D eigenvalue weighted by Crippen LogP contribution is 2.29. The van der Waals surface area contributed by atoms with Gasteiger partial charge in [-0.1, -0.05) is 5.16 Å². The van der Waals surface area contributed by atoms with Crippen molar-refractivity contribution in [1.29, 1.82) is 0 Å². The number of thioether (sulfide) groups is 1. The van der Waals surface area contributed by atoms with Crippen LogP contribution in [0.15, 0.2) is 22.7 Å². The highest BCUT2D eigenvalue weighted by molar-refractivity contribution is 7.99. The molecule has 3 N–H and O–H groups in total. The Morgan fingerprint density at radius 3 is 3.00 bits per heavy atom. The Labute approximate surface area is 120 Å². The van der Waals surface area contributed by atoms with Crippen LogP contribution in [-0.4, -0.2) is 44.4 Å². The molecule has 0 aliphatic carbocycles. The Morgan fingerprint density at radius 1 is 1.35 bits per heavy atom.